The lowest BCUT2D eigenvalue weighted by Gasteiger charge is -2.25. The summed E-state index contributed by atoms with van der Waals surface area (Å²) in [6.07, 6.45) is 0.00312. The van der Waals surface area contributed by atoms with Crippen LogP contribution in [0.1, 0.15) is 24.8 Å². The topological polar surface area (TPSA) is 21.3 Å². The highest BCUT2D eigenvalue weighted by Gasteiger charge is 2.23. The van der Waals surface area contributed by atoms with Crippen molar-refractivity contribution in [1.29, 1.82) is 0 Å². The van der Waals surface area contributed by atoms with E-state index in [0.717, 1.165) is 16.8 Å². The number of thiophene rings is 1. The fraction of sp³-hybridized carbons (Fsp3) is 0.333. The quantitative estimate of drug-likeness (QED) is 0.742. The minimum atomic E-state index is 0.00312. The number of benzene rings is 1. The molecule has 0 saturated carbocycles. The van der Waals surface area contributed by atoms with Crippen LogP contribution in [0.3, 0.4) is 0 Å². The monoisotopic (exact) mass is 373 g/mol. The van der Waals surface area contributed by atoms with Crippen LogP contribution in [0, 0.1) is 0 Å². The van der Waals surface area contributed by atoms with E-state index in [1.807, 2.05) is 24.3 Å². The second-order valence-electron chi connectivity index (χ2n) is 4.45. The van der Waals surface area contributed by atoms with Gasteiger partial charge in [-0.1, -0.05) is 24.6 Å². The van der Waals surface area contributed by atoms with Gasteiger partial charge < -0.3 is 10.1 Å². The first-order chi connectivity index (χ1) is 9.61. The summed E-state index contributed by atoms with van der Waals surface area (Å²) in [5.74, 6) is 0.792. The third kappa shape index (κ3) is 3.98. The highest BCUT2D eigenvalue weighted by atomic mass is 79.9. The van der Waals surface area contributed by atoms with Crippen LogP contribution in [0.4, 0.5) is 0 Å². The van der Waals surface area contributed by atoms with Gasteiger partial charge in [-0.15, -0.1) is 11.3 Å². The maximum absolute atomic E-state index is 6.03. The largest absolute Gasteiger partial charge is 0.489 e. The summed E-state index contributed by atoms with van der Waals surface area (Å²) in [6.45, 7) is 5.05. The molecule has 0 radical (unpaired) electrons. The maximum Gasteiger partial charge on any atom is 0.121 e. The van der Waals surface area contributed by atoms with E-state index in [2.05, 4.69) is 46.5 Å². The first-order valence-corrected chi connectivity index (χ1v) is 8.55. The van der Waals surface area contributed by atoms with Crippen molar-refractivity contribution in [2.75, 3.05) is 6.54 Å². The SMILES string of the molecule is CCNC(c1sccc1Br)C(C)Oc1cccc(Cl)c1. The molecule has 1 aromatic heterocycles. The molecule has 0 aliphatic rings. The molecule has 1 N–H and O–H groups in total. The van der Waals surface area contributed by atoms with Crippen molar-refractivity contribution in [3.63, 3.8) is 0 Å². The minimum Gasteiger partial charge on any atom is -0.489 e. The molecule has 0 fully saturated rings. The normalized spacial score (nSPS) is 14.0. The van der Waals surface area contributed by atoms with Gasteiger partial charge in [0.1, 0.15) is 11.9 Å². The van der Waals surface area contributed by atoms with Gasteiger partial charge in [0.25, 0.3) is 0 Å². The molecule has 20 heavy (non-hydrogen) atoms. The van der Waals surface area contributed by atoms with Crippen molar-refractivity contribution in [3.05, 3.63) is 50.1 Å². The molecule has 2 aromatic rings. The molecule has 0 saturated heterocycles. The molecular weight excluding hydrogens is 358 g/mol. The predicted molar refractivity (Wildman–Crippen MR) is 90.0 cm³/mol. The van der Waals surface area contributed by atoms with Gasteiger partial charge in [-0.25, -0.2) is 0 Å². The number of likely N-dealkylation sites (N-methyl/N-ethyl adjacent to an activating group) is 1. The van der Waals surface area contributed by atoms with E-state index in [1.54, 1.807) is 11.3 Å². The van der Waals surface area contributed by atoms with Crippen molar-refractivity contribution in [2.24, 2.45) is 0 Å². The number of ether oxygens (including phenoxy) is 1. The van der Waals surface area contributed by atoms with E-state index in [-0.39, 0.29) is 12.1 Å². The number of halogens is 2. The zero-order valence-corrected chi connectivity index (χ0v) is 14.6. The Morgan fingerprint density at radius 1 is 1.40 bits per heavy atom. The Morgan fingerprint density at radius 2 is 2.20 bits per heavy atom. The van der Waals surface area contributed by atoms with Crippen LogP contribution in [-0.4, -0.2) is 12.6 Å². The van der Waals surface area contributed by atoms with Gasteiger partial charge in [0, 0.05) is 14.4 Å². The van der Waals surface area contributed by atoms with Crippen LogP contribution in [0.2, 0.25) is 5.02 Å². The van der Waals surface area contributed by atoms with Crippen LogP contribution in [0.5, 0.6) is 5.75 Å². The summed E-state index contributed by atoms with van der Waals surface area (Å²) in [5.41, 5.74) is 0. The van der Waals surface area contributed by atoms with E-state index in [1.165, 1.54) is 4.88 Å². The van der Waals surface area contributed by atoms with Gasteiger partial charge in [-0.3, -0.25) is 0 Å². The minimum absolute atomic E-state index is 0.00312. The summed E-state index contributed by atoms with van der Waals surface area (Å²) < 4.78 is 7.15. The lowest BCUT2D eigenvalue weighted by Crippen LogP contribution is -2.33. The molecule has 2 rings (SSSR count). The molecule has 0 aliphatic carbocycles. The van der Waals surface area contributed by atoms with Crippen molar-refractivity contribution in [3.8, 4) is 5.75 Å². The number of hydrogen-bond acceptors (Lipinski definition) is 3. The lowest BCUT2D eigenvalue weighted by molar-refractivity contribution is 0.173. The van der Waals surface area contributed by atoms with Gasteiger partial charge in [0.05, 0.1) is 6.04 Å². The molecule has 108 valence electrons. The molecule has 0 bridgehead atoms. The highest BCUT2D eigenvalue weighted by Crippen LogP contribution is 2.32. The van der Waals surface area contributed by atoms with Crippen molar-refractivity contribution < 1.29 is 4.74 Å². The Morgan fingerprint density at radius 3 is 2.80 bits per heavy atom. The molecule has 5 heteroatoms. The average molecular weight is 375 g/mol. The maximum atomic E-state index is 6.03. The fourth-order valence-corrected chi connectivity index (χ4v) is 4.01. The predicted octanol–water partition coefficient (Wildman–Crippen LogP) is 5.28. The van der Waals surface area contributed by atoms with E-state index >= 15 is 0 Å². The van der Waals surface area contributed by atoms with Gasteiger partial charge in [-0.05, 0) is 59.0 Å². The fourth-order valence-electron chi connectivity index (χ4n) is 2.04. The first kappa shape index (κ1) is 15.8. The number of nitrogens with one attached hydrogen (secondary N) is 1. The molecule has 2 unspecified atom stereocenters. The summed E-state index contributed by atoms with van der Waals surface area (Å²) in [4.78, 5) is 1.25. The van der Waals surface area contributed by atoms with Crippen LogP contribution in [-0.2, 0) is 0 Å². The first-order valence-electron chi connectivity index (χ1n) is 6.50. The molecule has 0 aliphatic heterocycles. The smallest absolute Gasteiger partial charge is 0.121 e. The molecule has 2 nitrogen and oxygen atoms in total. The van der Waals surface area contributed by atoms with Crippen LogP contribution in [0.15, 0.2) is 40.2 Å². The van der Waals surface area contributed by atoms with Crippen LogP contribution < -0.4 is 10.1 Å². The van der Waals surface area contributed by atoms with E-state index in [9.17, 15) is 0 Å². The van der Waals surface area contributed by atoms with E-state index in [4.69, 9.17) is 16.3 Å². The molecule has 0 spiro atoms. The molecule has 2 atom stereocenters. The summed E-state index contributed by atoms with van der Waals surface area (Å²) in [7, 11) is 0. The average Bonchev–Trinajstić information content (AvgIpc) is 2.82. The third-order valence-corrected chi connectivity index (χ3v) is 5.13. The molecular formula is C15H17BrClNOS. The molecule has 0 amide bonds. The van der Waals surface area contributed by atoms with Gasteiger partial charge in [0.2, 0.25) is 0 Å². The number of rotatable bonds is 6. The summed E-state index contributed by atoms with van der Waals surface area (Å²) in [6, 6.07) is 9.72. The highest BCUT2D eigenvalue weighted by molar-refractivity contribution is 9.10. The molecule has 1 aromatic carbocycles. The second-order valence-corrected chi connectivity index (χ2v) is 6.69. The van der Waals surface area contributed by atoms with Gasteiger partial charge >= 0.3 is 0 Å². The standard InChI is InChI=1S/C15H17BrClNOS/c1-3-18-14(15-13(16)7-8-20-15)10(2)19-12-6-4-5-11(17)9-12/h4-10,14,18H,3H2,1-2H3. The zero-order valence-electron chi connectivity index (χ0n) is 11.4. The van der Waals surface area contributed by atoms with E-state index < -0.39 is 0 Å². The van der Waals surface area contributed by atoms with Gasteiger partial charge in [0.15, 0.2) is 0 Å². The van der Waals surface area contributed by atoms with Crippen molar-refractivity contribution in [2.45, 2.75) is 26.0 Å². The van der Waals surface area contributed by atoms with Crippen molar-refractivity contribution >= 4 is 38.9 Å². The Hall–Kier alpha value is -0.550. The summed E-state index contributed by atoms with van der Waals surface area (Å²) >= 11 is 11.3. The number of hydrogen-bond donors (Lipinski definition) is 1. The van der Waals surface area contributed by atoms with E-state index in [0.29, 0.717) is 5.02 Å². The van der Waals surface area contributed by atoms with Gasteiger partial charge in [-0.2, -0.15) is 0 Å². The zero-order chi connectivity index (χ0) is 14.5. The Labute approximate surface area is 137 Å². The Kier molecular flexibility index (Phi) is 5.90. The van der Waals surface area contributed by atoms with Crippen molar-refractivity contribution in [1.82, 2.24) is 5.32 Å². The van der Waals surface area contributed by atoms with Crippen LogP contribution in [0.25, 0.3) is 0 Å². The Bertz CT molecular complexity index is 560. The third-order valence-electron chi connectivity index (χ3n) is 2.94. The lowest BCUT2D eigenvalue weighted by atomic mass is 10.1. The Balaban J connectivity index is 2.15. The van der Waals surface area contributed by atoms with Crippen LogP contribution >= 0.6 is 38.9 Å². The molecule has 1 heterocycles. The summed E-state index contributed by atoms with van der Waals surface area (Å²) in [5, 5.41) is 6.25. The second kappa shape index (κ2) is 7.46.